The zero-order valence-electron chi connectivity index (χ0n) is 16.4. The van der Waals surface area contributed by atoms with Gasteiger partial charge in [-0.25, -0.2) is 9.37 Å². The van der Waals surface area contributed by atoms with Crippen LogP contribution in [-0.4, -0.2) is 32.1 Å². The number of rotatable bonds is 3. The summed E-state index contributed by atoms with van der Waals surface area (Å²) in [5.74, 6) is 1.64. The molecule has 6 nitrogen and oxygen atoms in total. The number of imidazole rings is 1. The number of benzene rings is 1. The molecule has 1 aromatic carbocycles. The van der Waals surface area contributed by atoms with Crippen LogP contribution in [0.5, 0.6) is 5.88 Å². The first-order valence-electron chi connectivity index (χ1n) is 10.4. The Kier molecular flexibility index (Phi) is 3.36. The van der Waals surface area contributed by atoms with Gasteiger partial charge in [-0.3, -0.25) is 4.57 Å². The predicted molar refractivity (Wildman–Crippen MR) is 108 cm³/mol. The molecule has 2 atom stereocenters. The number of hydrogen-bond donors (Lipinski definition) is 2. The van der Waals surface area contributed by atoms with Crippen molar-refractivity contribution in [1.82, 2.24) is 9.55 Å². The molecule has 1 aliphatic heterocycles. The summed E-state index contributed by atoms with van der Waals surface area (Å²) in [6.07, 6.45) is 8.70. The molecule has 7 rings (SSSR count). The van der Waals surface area contributed by atoms with Gasteiger partial charge < -0.3 is 10.4 Å². The summed E-state index contributed by atoms with van der Waals surface area (Å²) in [5.41, 5.74) is 0.180. The highest BCUT2D eigenvalue weighted by atomic mass is 19.1. The molecule has 29 heavy (non-hydrogen) atoms. The number of anilines is 1. The van der Waals surface area contributed by atoms with Gasteiger partial charge in [-0.1, -0.05) is 6.07 Å². The number of hydrogen-bond acceptors (Lipinski definition) is 5. The van der Waals surface area contributed by atoms with Crippen molar-refractivity contribution in [2.75, 3.05) is 5.32 Å². The van der Waals surface area contributed by atoms with E-state index < -0.39 is 5.67 Å². The van der Waals surface area contributed by atoms with Crippen LogP contribution in [0.15, 0.2) is 28.4 Å². The third kappa shape index (κ3) is 2.70. The third-order valence-corrected chi connectivity index (χ3v) is 7.17. The summed E-state index contributed by atoms with van der Waals surface area (Å²) >= 11 is 0. The Morgan fingerprint density at radius 2 is 2.03 bits per heavy atom. The van der Waals surface area contributed by atoms with Crippen molar-refractivity contribution in [3.05, 3.63) is 40.0 Å². The highest BCUT2D eigenvalue weighted by Crippen LogP contribution is 2.59. The number of nitrogens with zero attached hydrogens (tertiary/aromatic N) is 4. The monoisotopic (exact) mass is 393 g/mol. The fourth-order valence-corrected chi connectivity index (χ4v) is 6.42. The number of alkyl halides is 1. The molecule has 4 bridgehead atoms. The molecular weight excluding hydrogens is 369 g/mol. The first-order valence-corrected chi connectivity index (χ1v) is 10.4. The van der Waals surface area contributed by atoms with Crippen molar-refractivity contribution in [3.63, 3.8) is 0 Å². The Morgan fingerprint density at radius 1 is 1.24 bits per heavy atom. The van der Waals surface area contributed by atoms with Crippen molar-refractivity contribution >= 4 is 18.2 Å². The number of fused-ring (bicyclic) bond motifs is 1. The molecule has 0 amide bonds. The van der Waals surface area contributed by atoms with Gasteiger partial charge in [0.1, 0.15) is 11.4 Å². The van der Waals surface area contributed by atoms with E-state index in [-0.39, 0.29) is 11.4 Å². The predicted octanol–water partition coefficient (Wildman–Crippen LogP) is 2.39. The van der Waals surface area contributed by atoms with Gasteiger partial charge in [0.15, 0.2) is 0 Å². The molecule has 4 fully saturated rings. The van der Waals surface area contributed by atoms with Crippen LogP contribution in [0.4, 0.5) is 10.3 Å². The van der Waals surface area contributed by atoms with E-state index in [0.717, 1.165) is 35.4 Å². The molecule has 2 aromatic rings. The summed E-state index contributed by atoms with van der Waals surface area (Å²) in [6.45, 7) is 0. The Morgan fingerprint density at radius 3 is 2.79 bits per heavy atom. The summed E-state index contributed by atoms with van der Waals surface area (Å²) in [4.78, 5) is 4.66. The quantitative estimate of drug-likeness (QED) is 0.841. The first-order chi connectivity index (χ1) is 13.9. The lowest BCUT2D eigenvalue weighted by molar-refractivity contribution is -0.0781. The lowest BCUT2D eigenvalue weighted by atomic mass is 9.52. The van der Waals surface area contributed by atoms with Crippen molar-refractivity contribution in [2.24, 2.45) is 29.1 Å². The molecule has 5 aliphatic rings. The van der Waals surface area contributed by atoms with E-state index >= 15 is 4.39 Å². The SMILES string of the molecule is Cn1c(NC23CC4CC(CC(F)(C4)C2)C3)nc(/C=c2\ccc3c(c2)C=NN=3)c1O. The van der Waals surface area contributed by atoms with Crippen molar-refractivity contribution < 1.29 is 9.50 Å². The van der Waals surface area contributed by atoms with E-state index in [0.29, 0.717) is 42.7 Å². The van der Waals surface area contributed by atoms with Crippen molar-refractivity contribution in [3.8, 4) is 5.88 Å². The fraction of sp³-hybridized carbons (Fsp3) is 0.500. The molecule has 150 valence electrons. The summed E-state index contributed by atoms with van der Waals surface area (Å²) < 4.78 is 16.9. The molecule has 0 saturated heterocycles. The van der Waals surface area contributed by atoms with Gasteiger partial charge >= 0.3 is 0 Å². The van der Waals surface area contributed by atoms with Crippen molar-refractivity contribution in [2.45, 2.75) is 49.7 Å². The van der Waals surface area contributed by atoms with Crippen LogP contribution < -0.4 is 15.9 Å². The smallest absolute Gasteiger partial charge is 0.220 e. The highest BCUT2D eigenvalue weighted by molar-refractivity contribution is 5.80. The average molecular weight is 393 g/mol. The zero-order valence-corrected chi connectivity index (χ0v) is 16.4. The zero-order chi connectivity index (χ0) is 19.8. The highest BCUT2D eigenvalue weighted by Gasteiger charge is 2.58. The Labute approximate surface area is 167 Å². The normalized spacial score (nSPS) is 34.5. The summed E-state index contributed by atoms with van der Waals surface area (Å²) in [7, 11) is 1.79. The molecule has 0 radical (unpaired) electrons. The van der Waals surface area contributed by atoms with Gasteiger partial charge in [0, 0.05) is 24.6 Å². The average Bonchev–Trinajstić information content (AvgIpc) is 3.20. The van der Waals surface area contributed by atoms with Crippen LogP contribution in [0.1, 0.15) is 49.8 Å². The van der Waals surface area contributed by atoms with Crippen LogP contribution in [0.25, 0.3) is 6.08 Å². The second-order valence-electron chi connectivity index (χ2n) is 9.53. The minimum Gasteiger partial charge on any atom is -0.493 e. The number of aromatic nitrogens is 2. The third-order valence-electron chi connectivity index (χ3n) is 7.17. The minimum absolute atomic E-state index is 0.103. The van der Waals surface area contributed by atoms with Crippen LogP contribution in [0.2, 0.25) is 0 Å². The molecule has 7 heteroatoms. The topological polar surface area (TPSA) is 74.8 Å². The van der Waals surface area contributed by atoms with Crippen LogP contribution >= 0.6 is 0 Å². The maximum atomic E-state index is 15.3. The van der Waals surface area contributed by atoms with Crippen LogP contribution in [0, 0.1) is 11.8 Å². The Hall–Kier alpha value is -2.70. The molecule has 2 unspecified atom stereocenters. The standard InChI is InChI=1S/C22H24FN5O/c1-28-19(29)18(6-13-2-3-17-16(5-13)11-24-27-17)25-20(28)26-22-9-14-4-15(10-22)8-21(23,7-14)12-22/h2-3,5-6,11,14-15,29H,4,7-10,12H2,1H3,(H,25,26)/b13-6+. The summed E-state index contributed by atoms with van der Waals surface area (Å²) in [6, 6.07) is 5.82. The lowest BCUT2D eigenvalue weighted by Gasteiger charge is -2.59. The van der Waals surface area contributed by atoms with Crippen LogP contribution in [0.3, 0.4) is 0 Å². The number of halogens is 1. The van der Waals surface area contributed by atoms with Gasteiger partial charge in [-0.05, 0) is 67.4 Å². The van der Waals surface area contributed by atoms with E-state index in [1.807, 2.05) is 24.3 Å². The molecule has 0 spiro atoms. The lowest BCUT2D eigenvalue weighted by Crippen LogP contribution is -2.60. The van der Waals surface area contributed by atoms with Gasteiger partial charge in [0.2, 0.25) is 11.8 Å². The second-order valence-corrected chi connectivity index (χ2v) is 9.53. The van der Waals surface area contributed by atoms with Crippen LogP contribution in [-0.2, 0) is 7.05 Å². The molecule has 4 saturated carbocycles. The van der Waals surface area contributed by atoms with E-state index in [1.54, 1.807) is 17.8 Å². The van der Waals surface area contributed by atoms with E-state index in [2.05, 4.69) is 20.5 Å². The molecular formula is C22H24FN5O. The first kappa shape index (κ1) is 17.2. The second kappa shape index (κ2) is 5.68. The summed E-state index contributed by atoms with van der Waals surface area (Å²) in [5, 5.41) is 23.9. The minimum atomic E-state index is -1.03. The van der Waals surface area contributed by atoms with E-state index in [9.17, 15) is 5.11 Å². The Balaban J connectivity index is 1.34. The van der Waals surface area contributed by atoms with E-state index in [4.69, 9.17) is 0 Å². The molecule has 1 aromatic heterocycles. The van der Waals surface area contributed by atoms with Gasteiger partial charge in [-0.2, -0.15) is 10.2 Å². The molecule has 2 N–H and O–H groups in total. The Bertz CT molecular complexity index is 1150. The molecule has 4 aliphatic carbocycles. The maximum absolute atomic E-state index is 15.3. The number of aromatic hydroxyl groups is 1. The largest absolute Gasteiger partial charge is 0.493 e. The maximum Gasteiger partial charge on any atom is 0.220 e. The van der Waals surface area contributed by atoms with Gasteiger partial charge in [0.05, 0.1) is 11.6 Å². The van der Waals surface area contributed by atoms with Gasteiger partial charge in [-0.15, -0.1) is 0 Å². The van der Waals surface area contributed by atoms with E-state index in [1.165, 1.54) is 0 Å². The fourth-order valence-electron chi connectivity index (χ4n) is 6.42. The molecule has 2 heterocycles. The van der Waals surface area contributed by atoms with Gasteiger partial charge in [0.25, 0.3) is 0 Å². The van der Waals surface area contributed by atoms with Crippen molar-refractivity contribution in [1.29, 1.82) is 0 Å². The number of nitrogens with one attached hydrogen (secondary N) is 1.